The molecular formula is C15H12ClF2NO3S. The summed E-state index contributed by atoms with van der Waals surface area (Å²) in [4.78, 5) is 11.5. The largest absolute Gasteiger partial charge is 0.325 e. The molecule has 0 heterocycles. The maximum Gasteiger partial charge on any atom is 0.239 e. The monoisotopic (exact) mass is 359 g/mol. The predicted molar refractivity (Wildman–Crippen MR) is 83.2 cm³/mol. The summed E-state index contributed by atoms with van der Waals surface area (Å²) >= 11 is 5.81. The first-order valence-electron chi connectivity index (χ1n) is 6.43. The van der Waals surface area contributed by atoms with Crippen LogP contribution in [0.1, 0.15) is 5.56 Å². The van der Waals surface area contributed by atoms with Crippen LogP contribution < -0.4 is 5.32 Å². The first-order valence-corrected chi connectivity index (χ1v) is 8.46. The zero-order valence-corrected chi connectivity index (χ0v) is 13.5. The first-order chi connectivity index (χ1) is 10.7. The minimum Gasteiger partial charge on any atom is -0.325 e. The Labute approximate surface area is 137 Å². The Morgan fingerprint density at radius 1 is 1.13 bits per heavy atom. The third kappa shape index (κ3) is 4.27. The van der Waals surface area contributed by atoms with Gasteiger partial charge in [-0.05, 0) is 42.8 Å². The van der Waals surface area contributed by atoms with Gasteiger partial charge in [0.15, 0.2) is 21.5 Å². The Hall–Kier alpha value is -1.99. The Bertz CT molecular complexity index is 869. The summed E-state index contributed by atoms with van der Waals surface area (Å²) in [5, 5.41) is 2.82. The van der Waals surface area contributed by atoms with Crippen molar-refractivity contribution in [3.8, 4) is 0 Å². The normalized spacial score (nSPS) is 11.3. The van der Waals surface area contributed by atoms with Crippen LogP contribution in [0.15, 0.2) is 41.3 Å². The summed E-state index contributed by atoms with van der Waals surface area (Å²) < 4.78 is 50.1. The van der Waals surface area contributed by atoms with Gasteiger partial charge in [0, 0.05) is 10.7 Å². The van der Waals surface area contributed by atoms with Crippen molar-refractivity contribution >= 4 is 33.0 Å². The van der Waals surface area contributed by atoms with Crippen molar-refractivity contribution in [2.45, 2.75) is 11.8 Å². The zero-order valence-electron chi connectivity index (χ0n) is 11.9. The lowest BCUT2D eigenvalue weighted by Gasteiger charge is -2.09. The van der Waals surface area contributed by atoms with Gasteiger partial charge < -0.3 is 5.32 Å². The minimum absolute atomic E-state index is 0.378. The average molecular weight is 360 g/mol. The topological polar surface area (TPSA) is 63.2 Å². The molecule has 0 saturated carbocycles. The highest BCUT2D eigenvalue weighted by Crippen LogP contribution is 2.21. The van der Waals surface area contributed by atoms with Gasteiger partial charge in [0.05, 0.1) is 4.90 Å². The summed E-state index contributed by atoms with van der Waals surface area (Å²) in [7, 11) is -4.09. The lowest BCUT2D eigenvalue weighted by Crippen LogP contribution is -2.23. The Morgan fingerprint density at radius 3 is 2.48 bits per heavy atom. The van der Waals surface area contributed by atoms with Crippen LogP contribution >= 0.6 is 11.6 Å². The van der Waals surface area contributed by atoms with Crippen LogP contribution in [0.4, 0.5) is 14.5 Å². The van der Waals surface area contributed by atoms with E-state index in [9.17, 15) is 22.0 Å². The van der Waals surface area contributed by atoms with Gasteiger partial charge in [-0.3, -0.25) is 4.79 Å². The van der Waals surface area contributed by atoms with Gasteiger partial charge in [-0.1, -0.05) is 17.7 Å². The van der Waals surface area contributed by atoms with Gasteiger partial charge in [-0.25, -0.2) is 17.2 Å². The molecule has 0 fully saturated rings. The molecule has 2 rings (SSSR count). The quantitative estimate of drug-likeness (QED) is 0.851. The van der Waals surface area contributed by atoms with Gasteiger partial charge in [-0.2, -0.15) is 0 Å². The van der Waals surface area contributed by atoms with Crippen LogP contribution in [0.25, 0.3) is 0 Å². The predicted octanol–water partition coefficient (Wildman–Crippen LogP) is 3.34. The van der Waals surface area contributed by atoms with E-state index < -0.39 is 38.0 Å². The van der Waals surface area contributed by atoms with Crippen molar-refractivity contribution < 1.29 is 22.0 Å². The number of carbonyl (C=O) groups is 1. The fourth-order valence-electron chi connectivity index (χ4n) is 1.84. The first kappa shape index (κ1) is 17.4. The van der Waals surface area contributed by atoms with E-state index in [1.54, 1.807) is 19.1 Å². The SMILES string of the molecule is Cc1ccc(Cl)cc1NC(=O)CS(=O)(=O)c1ccc(F)c(F)c1. The van der Waals surface area contributed by atoms with Crippen LogP contribution in [0.5, 0.6) is 0 Å². The highest BCUT2D eigenvalue weighted by molar-refractivity contribution is 7.92. The summed E-state index contributed by atoms with van der Waals surface area (Å²) in [5.41, 5.74) is 1.08. The molecule has 0 aliphatic carbocycles. The zero-order chi connectivity index (χ0) is 17.2. The van der Waals surface area contributed by atoms with E-state index in [1.165, 1.54) is 6.07 Å². The van der Waals surface area contributed by atoms with Crippen LogP contribution in [-0.2, 0) is 14.6 Å². The van der Waals surface area contributed by atoms with E-state index in [-0.39, 0.29) is 0 Å². The van der Waals surface area contributed by atoms with Crippen molar-refractivity contribution in [2.75, 3.05) is 11.1 Å². The van der Waals surface area contributed by atoms with E-state index in [0.717, 1.165) is 6.07 Å². The molecule has 0 saturated heterocycles. The third-order valence-electron chi connectivity index (χ3n) is 3.05. The maximum atomic E-state index is 13.1. The van der Waals surface area contributed by atoms with Crippen molar-refractivity contribution in [1.82, 2.24) is 0 Å². The fraction of sp³-hybridized carbons (Fsp3) is 0.133. The third-order valence-corrected chi connectivity index (χ3v) is 4.89. The Morgan fingerprint density at radius 2 is 1.83 bits per heavy atom. The molecule has 0 bridgehead atoms. The van der Waals surface area contributed by atoms with Crippen molar-refractivity contribution in [3.63, 3.8) is 0 Å². The van der Waals surface area contributed by atoms with Crippen molar-refractivity contribution in [3.05, 3.63) is 58.6 Å². The molecule has 1 N–H and O–H groups in total. The van der Waals surface area contributed by atoms with E-state index in [0.29, 0.717) is 28.4 Å². The van der Waals surface area contributed by atoms with E-state index in [2.05, 4.69) is 5.32 Å². The molecule has 0 radical (unpaired) electrons. The molecule has 4 nitrogen and oxygen atoms in total. The molecule has 0 spiro atoms. The highest BCUT2D eigenvalue weighted by atomic mass is 35.5. The lowest BCUT2D eigenvalue weighted by atomic mass is 10.2. The fourth-order valence-corrected chi connectivity index (χ4v) is 3.16. The number of aryl methyl sites for hydroxylation is 1. The molecular weight excluding hydrogens is 348 g/mol. The van der Waals surface area contributed by atoms with Crippen molar-refractivity contribution in [2.24, 2.45) is 0 Å². The number of halogens is 3. The molecule has 0 aromatic heterocycles. The molecule has 2 aromatic rings. The molecule has 1 amide bonds. The Kier molecular flexibility index (Phi) is 5.01. The van der Waals surface area contributed by atoms with Crippen molar-refractivity contribution in [1.29, 1.82) is 0 Å². The number of amides is 1. The number of hydrogen-bond donors (Lipinski definition) is 1. The number of rotatable bonds is 4. The van der Waals surface area contributed by atoms with E-state index >= 15 is 0 Å². The standard InChI is InChI=1S/C15H12ClF2NO3S/c1-9-2-3-10(16)6-14(9)19-15(20)8-23(21,22)11-4-5-12(17)13(18)7-11/h2-7H,8H2,1H3,(H,19,20). The number of sulfone groups is 1. The number of carbonyl (C=O) groups excluding carboxylic acids is 1. The summed E-state index contributed by atoms with van der Waals surface area (Å²) in [6, 6.07) is 6.93. The smallest absolute Gasteiger partial charge is 0.239 e. The summed E-state index contributed by atoms with van der Waals surface area (Å²) in [6.07, 6.45) is 0. The van der Waals surface area contributed by atoms with Crippen LogP contribution in [0.3, 0.4) is 0 Å². The van der Waals surface area contributed by atoms with Gasteiger partial charge in [0.2, 0.25) is 5.91 Å². The van der Waals surface area contributed by atoms with Crippen LogP contribution in [0.2, 0.25) is 5.02 Å². The molecule has 0 atom stereocenters. The number of anilines is 1. The molecule has 2 aromatic carbocycles. The second kappa shape index (κ2) is 6.64. The van der Waals surface area contributed by atoms with Gasteiger partial charge in [0.25, 0.3) is 0 Å². The Balaban J connectivity index is 2.18. The second-order valence-corrected chi connectivity index (χ2v) is 7.27. The molecule has 23 heavy (non-hydrogen) atoms. The molecule has 8 heteroatoms. The van der Waals surface area contributed by atoms with Gasteiger partial charge >= 0.3 is 0 Å². The summed E-state index contributed by atoms with van der Waals surface area (Å²) in [6.45, 7) is 1.72. The molecule has 0 aliphatic heterocycles. The number of nitrogens with one attached hydrogen (secondary N) is 1. The number of hydrogen-bond acceptors (Lipinski definition) is 3. The van der Waals surface area contributed by atoms with Gasteiger partial charge in [0.1, 0.15) is 5.75 Å². The maximum absolute atomic E-state index is 13.1. The average Bonchev–Trinajstić information content (AvgIpc) is 2.45. The van der Waals surface area contributed by atoms with Crippen LogP contribution in [0, 0.1) is 18.6 Å². The van der Waals surface area contributed by atoms with Crippen LogP contribution in [-0.4, -0.2) is 20.1 Å². The lowest BCUT2D eigenvalue weighted by molar-refractivity contribution is -0.113. The molecule has 0 unspecified atom stereocenters. The van der Waals surface area contributed by atoms with E-state index in [4.69, 9.17) is 11.6 Å². The second-order valence-electron chi connectivity index (χ2n) is 4.84. The minimum atomic E-state index is -4.09. The van der Waals surface area contributed by atoms with E-state index in [1.807, 2.05) is 0 Å². The summed E-state index contributed by atoms with van der Waals surface area (Å²) in [5.74, 6) is -4.16. The number of benzene rings is 2. The highest BCUT2D eigenvalue weighted by Gasteiger charge is 2.21. The molecule has 0 aliphatic rings. The van der Waals surface area contributed by atoms with Gasteiger partial charge in [-0.15, -0.1) is 0 Å². The molecule has 122 valence electrons.